The fraction of sp³-hybridized carbons (Fsp3) is 0.625. The van der Waals surface area contributed by atoms with Crippen molar-refractivity contribution in [2.45, 2.75) is 62.6 Å². The number of hydrogen-bond donors (Lipinski definition) is 1. The number of sulfone groups is 1. The Morgan fingerprint density at radius 1 is 1.25 bits per heavy atom. The highest BCUT2D eigenvalue weighted by Crippen LogP contribution is 2.31. The third-order valence-electron chi connectivity index (χ3n) is 4.14. The van der Waals surface area contributed by atoms with Crippen LogP contribution in [0.2, 0.25) is 0 Å². The van der Waals surface area contributed by atoms with Crippen molar-refractivity contribution in [3.8, 4) is 0 Å². The number of nitrogens with one attached hydrogen (secondary N) is 1. The third kappa shape index (κ3) is 3.07. The van der Waals surface area contributed by atoms with E-state index in [9.17, 15) is 8.42 Å². The van der Waals surface area contributed by atoms with Gasteiger partial charge >= 0.3 is 0 Å². The Balaban J connectivity index is 2.29. The second kappa shape index (κ2) is 6.27. The predicted molar refractivity (Wildman–Crippen MR) is 82.8 cm³/mol. The smallest absolute Gasteiger partial charge is 0.183 e. The molecular formula is C16H25NO2S. The molecule has 0 bridgehead atoms. The average Bonchev–Trinajstić information content (AvgIpc) is 2.84. The van der Waals surface area contributed by atoms with E-state index in [0.717, 1.165) is 43.4 Å². The van der Waals surface area contributed by atoms with E-state index in [-0.39, 0.29) is 11.3 Å². The van der Waals surface area contributed by atoms with E-state index in [1.54, 1.807) is 6.07 Å². The largest absolute Gasteiger partial charge is 0.313 e. The summed E-state index contributed by atoms with van der Waals surface area (Å²) in [6.07, 6.45) is 3.77. The fourth-order valence-corrected chi connectivity index (χ4v) is 5.38. The zero-order chi connectivity index (χ0) is 14.8. The molecule has 1 aromatic rings. The first-order chi connectivity index (χ1) is 9.46. The van der Waals surface area contributed by atoms with Gasteiger partial charge in [-0.05, 0) is 51.3 Å². The molecule has 0 amide bonds. The first-order valence-electron chi connectivity index (χ1n) is 7.51. The first-order valence-corrected chi connectivity index (χ1v) is 9.06. The van der Waals surface area contributed by atoms with Crippen molar-refractivity contribution in [1.29, 1.82) is 0 Å². The molecule has 4 heteroatoms. The quantitative estimate of drug-likeness (QED) is 0.908. The fourth-order valence-electron chi connectivity index (χ4n) is 3.14. The van der Waals surface area contributed by atoms with Crippen LogP contribution in [-0.4, -0.2) is 26.3 Å². The molecule has 2 atom stereocenters. The molecule has 0 heterocycles. The van der Waals surface area contributed by atoms with Gasteiger partial charge in [-0.25, -0.2) is 8.42 Å². The van der Waals surface area contributed by atoms with Crippen LogP contribution < -0.4 is 5.32 Å². The molecule has 1 fully saturated rings. The van der Waals surface area contributed by atoms with Gasteiger partial charge in [-0.15, -0.1) is 0 Å². The molecule has 20 heavy (non-hydrogen) atoms. The molecule has 0 spiro atoms. The van der Waals surface area contributed by atoms with Gasteiger partial charge in [-0.1, -0.05) is 31.0 Å². The Labute approximate surface area is 122 Å². The summed E-state index contributed by atoms with van der Waals surface area (Å²) < 4.78 is 25.8. The number of hydrogen-bond acceptors (Lipinski definition) is 3. The van der Waals surface area contributed by atoms with Crippen LogP contribution in [0.1, 0.15) is 43.7 Å². The minimum atomic E-state index is -3.23. The Bertz CT molecular complexity index is 566. The summed E-state index contributed by atoms with van der Waals surface area (Å²) in [5.41, 5.74) is 1.97. The summed E-state index contributed by atoms with van der Waals surface area (Å²) in [6.45, 7) is 6.88. The van der Waals surface area contributed by atoms with E-state index in [1.807, 2.05) is 26.0 Å². The van der Waals surface area contributed by atoms with Crippen LogP contribution >= 0.6 is 0 Å². The van der Waals surface area contributed by atoms with Gasteiger partial charge in [0.15, 0.2) is 9.84 Å². The summed E-state index contributed by atoms with van der Waals surface area (Å²) in [7, 11) is -3.23. The van der Waals surface area contributed by atoms with Crippen LogP contribution in [0.3, 0.4) is 0 Å². The van der Waals surface area contributed by atoms with E-state index < -0.39 is 9.84 Å². The van der Waals surface area contributed by atoms with Crippen LogP contribution in [0.4, 0.5) is 0 Å². The summed E-state index contributed by atoms with van der Waals surface area (Å²) in [5.74, 6) is 0. The van der Waals surface area contributed by atoms with E-state index in [0.29, 0.717) is 4.90 Å². The lowest BCUT2D eigenvalue weighted by molar-refractivity contribution is 0.504. The minimum absolute atomic E-state index is 0.112. The number of aryl methyl sites for hydroxylation is 2. The molecule has 0 saturated heterocycles. The molecule has 1 saturated carbocycles. The Morgan fingerprint density at radius 3 is 2.65 bits per heavy atom. The van der Waals surface area contributed by atoms with Crippen molar-refractivity contribution >= 4 is 9.84 Å². The van der Waals surface area contributed by atoms with E-state index in [2.05, 4.69) is 12.2 Å². The van der Waals surface area contributed by atoms with Crippen LogP contribution in [0.25, 0.3) is 0 Å². The maximum atomic E-state index is 12.9. The molecule has 112 valence electrons. The SMILES string of the molecule is CCCNC1CCCC1S(=O)(=O)c1ccc(C)cc1C. The molecule has 1 aliphatic rings. The average molecular weight is 295 g/mol. The predicted octanol–water partition coefficient (Wildman–Crippen LogP) is 3.00. The van der Waals surface area contributed by atoms with Gasteiger partial charge in [-0.2, -0.15) is 0 Å². The summed E-state index contributed by atoms with van der Waals surface area (Å²) >= 11 is 0. The molecule has 3 nitrogen and oxygen atoms in total. The number of benzene rings is 1. The van der Waals surface area contributed by atoms with Crippen molar-refractivity contribution in [3.63, 3.8) is 0 Å². The maximum absolute atomic E-state index is 12.9. The second-order valence-electron chi connectivity index (χ2n) is 5.84. The molecule has 2 rings (SSSR count). The number of rotatable bonds is 5. The lowest BCUT2D eigenvalue weighted by atomic mass is 10.2. The molecule has 0 aromatic heterocycles. The van der Waals surface area contributed by atoms with Crippen LogP contribution in [0.15, 0.2) is 23.1 Å². The molecule has 0 radical (unpaired) electrons. The van der Waals surface area contributed by atoms with Gasteiger partial charge in [-0.3, -0.25) is 0 Å². The highest BCUT2D eigenvalue weighted by atomic mass is 32.2. The van der Waals surface area contributed by atoms with Crippen molar-refractivity contribution in [3.05, 3.63) is 29.3 Å². The molecule has 1 aliphatic carbocycles. The van der Waals surface area contributed by atoms with Gasteiger partial charge in [0.05, 0.1) is 10.1 Å². The molecule has 0 aliphatic heterocycles. The Kier molecular flexibility index (Phi) is 4.86. The third-order valence-corrected chi connectivity index (χ3v) is 6.58. The summed E-state index contributed by atoms with van der Waals surface area (Å²) in [5, 5.41) is 3.14. The maximum Gasteiger partial charge on any atom is 0.183 e. The first kappa shape index (κ1) is 15.5. The van der Waals surface area contributed by atoms with E-state index in [4.69, 9.17) is 0 Å². The standard InChI is InChI=1S/C16H25NO2S/c1-4-10-17-14-6-5-7-16(14)20(18,19)15-9-8-12(2)11-13(15)3/h8-9,11,14,16-17H,4-7,10H2,1-3H3. The molecule has 1 aromatic carbocycles. The lowest BCUT2D eigenvalue weighted by Crippen LogP contribution is -2.40. The molecule has 1 N–H and O–H groups in total. The van der Waals surface area contributed by atoms with E-state index >= 15 is 0 Å². The highest BCUT2D eigenvalue weighted by molar-refractivity contribution is 7.92. The van der Waals surface area contributed by atoms with Crippen molar-refractivity contribution in [2.75, 3.05) is 6.54 Å². The zero-order valence-electron chi connectivity index (χ0n) is 12.6. The Morgan fingerprint density at radius 2 is 2.00 bits per heavy atom. The van der Waals surface area contributed by atoms with Crippen molar-refractivity contribution in [1.82, 2.24) is 5.32 Å². The molecular weight excluding hydrogens is 270 g/mol. The Hall–Kier alpha value is -0.870. The monoisotopic (exact) mass is 295 g/mol. The van der Waals surface area contributed by atoms with Crippen LogP contribution in [0.5, 0.6) is 0 Å². The molecule has 2 unspecified atom stereocenters. The zero-order valence-corrected chi connectivity index (χ0v) is 13.5. The van der Waals surface area contributed by atoms with E-state index in [1.165, 1.54) is 0 Å². The van der Waals surface area contributed by atoms with Crippen molar-refractivity contribution in [2.24, 2.45) is 0 Å². The highest BCUT2D eigenvalue weighted by Gasteiger charge is 2.38. The summed E-state index contributed by atoms with van der Waals surface area (Å²) in [4.78, 5) is 0.512. The summed E-state index contributed by atoms with van der Waals surface area (Å²) in [6, 6.07) is 5.73. The van der Waals surface area contributed by atoms with Crippen LogP contribution in [0, 0.1) is 13.8 Å². The minimum Gasteiger partial charge on any atom is -0.313 e. The topological polar surface area (TPSA) is 46.2 Å². The normalized spacial score (nSPS) is 23.1. The van der Waals surface area contributed by atoms with Gasteiger partial charge in [0, 0.05) is 6.04 Å². The van der Waals surface area contributed by atoms with Gasteiger partial charge in [0.2, 0.25) is 0 Å². The van der Waals surface area contributed by atoms with Gasteiger partial charge < -0.3 is 5.32 Å². The van der Waals surface area contributed by atoms with Crippen molar-refractivity contribution < 1.29 is 8.42 Å². The second-order valence-corrected chi connectivity index (χ2v) is 7.98. The lowest BCUT2D eigenvalue weighted by Gasteiger charge is -2.22. The van der Waals surface area contributed by atoms with Gasteiger partial charge in [0.25, 0.3) is 0 Å². The van der Waals surface area contributed by atoms with Gasteiger partial charge in [0.1, 0.15) is 0 Å². The van der Waals surface area contributed by atoms with Crippen LogP contribution in [-0.2, 0) is 9.84 Å².